The lowest BCUT2D eigenvalue weighted by Crippen LogP contribution is -2.29. The van der Waals surface area contributed by atoms with Crippen molar-refractivity contribution in [3.05, 3.63) is 89.6 Å². The van der Waals surface area contributed by atoms with Gasteiger partial charge in [-0.3, -0.25) is 24.0 Å². The van der Waals surface area contributed by atoms with Crippen molar-refractivity contribution in [2.24, 2.45) is 26.9 Å². The van der Waals surface area contributed by atoms with Gasteiger partial charge in [0.05, 0.1) is 22.0 Å². The van der Waals surface area contributed by atoms with Crippen molar-refractivity contribution >= 4 is 74.2 Å². The molecule has 0 aliphatic heterocycles. The topological polar surface area (TPSA) is 208 Å². The highest BCUT2D eigenvalue weighted by atomic mass is 35.5. The molecule has 0 unspecified atom stereocenters. The number of hydrogen-bond acceptors (Lipinski definition) is 7. The normalized spacial score (nSPS) is 11.3. The number of carbonyl (C=O) groups is 5. The number of nitrogens with zero attached hydrogens (tertiary/aromatic N) is 3. The summed E-state index contributed by atoms with van der Waals surface area (Å²) in [6.07, 6.45) is 5.92. The number of benzene rings is 1. The van der Waals surface area contributed by atoms with Crippen molar-refractivity contribution in [2.75, 3.05) is 34.1 Å². The number of primary amides is 1. The first-order chi connectivity index (χ1) is 23.2. The number of amides is 5. The Morgan fingerprint density at radius 1 is 0.796 bits per heavy atom. The van der Waals surface area contributed by atoms with Gasteiger partial charge < -0.3 is 40.7 Å². The third-order valence-electron chi connectivity index (χ3n) is 7.27. The molecule has 0 fully saturated rings. The highest BCUT2D eigenvalue weighted by molar-refractivity contribution is 7.91. The summed E-state index contributed by atoms with van der Waals surface area (Å²) in [6.45, 7) is 0.0828. The molecule has 17 heteroatoms. The van der Waals surface area contributed by atoms with E-state index in [1.54, 1.807) is 51.7 Å². The molecule has 3 aromatic heterocycles. The lowest BCUT2D eigenvalue weighted by Gasteiger charge is -2.08. The second-order valence-electron chi connectivity index (χ2n) is 10.9. The molecular formula is C32H35ClN8O7S. The molecule has 0 saturated heterocycles. The van der Waals surface area contributed by atoms with Gasteiger partial charge in [-0.1, -0.05) is 12.1 Å². The number of alkyl halides is 1. The Morgan fingerprint density at radius 2 is 1.37 bits per heavy atom. The van der Waals surface area contributed by atoms with E-state index in [-0.39, 0.29) is 46.6 Å². The summed E-state index contributed by atoms with van der Waals surface area (Å²) >= 11 is 5.56. The van der Waals surface area contributed by atoms with Crippen molar-refractivity contribution < 1.29 is 32.4 Å². The van der Waals surface area contributed by atoms with E-state index >= 15 is 0 Å². The van der Waals surface area contributed by atoms with Gasteiger partial charge >= 0.3 is 0 Å². The Morgan fingerprint density at radius 3 is 1.94 bits per heavy atom. The maximum Gasteiger partial charge on any atom is 0.272 e. The molecule has 1 aromatic carbocycles. The van der Waals surface area contributed by atoms with Crippen LogP contribution in [0.4, 0.5) is 17.2 Å². The van der Waals surface area contributed by atoms with Crippen LogP contribution in [0, 0.1) is 0 Å². The average molecular weight is 711 g/mol. The number of nitrogens with two attached hydrogens (primary N) is 1. The van der Waals surface area contributed by atoms with Crippen LogP contribution >= 0.6 is 11.6 Å². The summed E-state index contributed by atoms with van der Waals surface area (Å²) in [5, 5.41) is 10.8. The van der Waals surface area contributed by atoms with E-state index in [1.807, 2.05) is 0 Å². The van der Waals surface area contributed by atoms with Crippen molar-refractivity contribution in [1.82, 2.24) is 19.0 Å². The smallest absolute Gasteiger partial charge is 0.272 e. The lowest BCUT2D eigenvalue weighted by atomic mass is 10.2. The number of hydrogen-bond donors (Lipinski definition) is 5. The third-order valence-corrected chi connectivity index (χ3v) is 9.41. The van der Waals surface area contributed by atoms with Crippen LogP contribution in [-0.4, -0.2) is 69.8 Å². The van der Waals surface area contributed by atoms with Gasteiger partial charge in [0.1, 0.15) is 22.9 Å². The Bertz CT molecular complexity index is 2040. The van der Waals surface area contributed by atoms with Crippen molar-refractivity contribution in [3.8, 4) is 0 Å². The molecule has 4 rings (SSSR count). The van der Waals surface area contributed by atoms with E-state index in [1.165, 1.54) is 56.2 Å². The Kier molecular flexibility index (Phi) is 11.5. The van der Waals surface area contributed by atoms with Crippen molar-refractivity contribution in [2.45, 2.75) is 11.3 Å². The molecule has 258 valence electrons. The first-order valence-corrected chi connectivity index (χ1v) is 16.9. The molecule has 0 aliphatic rings. The summed E-state index contributed by atoms with van der Waals surface area (Å²) in [7, 11) is 1.40. The van der Waals surface area contributed by atoms with E-state index in [2.05, 4.69) is 21.3 Å². The van der Waals surface area contributed by atoms with Gasteiger partial charge in [0.25, 0.3) is 17.7 Å². The zero-order valence-electron chi connectivity index (χ0n) is 26.8. The van der Waals surface area contributed by atoms with Crippen LogP contribution in [0.3, 0.4) is 0 Å². The number of nitrogens with one attached hydrogen (secondary N) is 4. The van der Waals surface area contributed by atoms with E-state index in [9.17, 15) is 32.4 Å². The van der Waals surface area contributed by atoms with Gasteiger partial charge in [0.2, 0.25) is 11.8 Å². The number of sulfone groups is 1. The van der Waals surface area contributed by atoms with E-state index < -0.39 is 39.4 Å². The Balaban J connectivity index is 1.35. The Labute approximate surface area is 287 Å². The minimum absolute atomic E-state index is 0.00220. The van der Waals surface area contributed by atoms with Gasteiger partial charge in [-0.05, 0) is 48.0 Å². The number of aryl methyl sites for hydroxylation is 2. The van der Waals surface area contributed by atoms with Crippen LogP contribution in [0.5, 0.6) is 0 Å². The molecule has 15 nitrogen and oxygen atoms in total. The second kappa shape index (κ2) is 15.5. The van der Waals surface area contributed by atoms with Gasteiger partial charge in [-0.15, -0.1) is 11.6 Å². The molecule has 0 bridgehead atoms. The van der Waals surface area contributed by atoms with Crippen molar-refractivity contribution in [3.63, 3.8) is 0 Å². The molecule has 5 amide bonds. The van der Waals surface area contributed by atoms with E-state index in [4.69, 9.17) is 17.3 Å². The molecule has 0 spiro atoms. The monoisotopic (exact) mass is 710 g/mol. The fourth-order valence-electron chi connectivity index (χ4n) is 4.71. The molecule has 0 aliphatic carbocycles. The predicted molar refractivity (Wildman–Crippen MR) is 185 cm³/mol. The lowest BCUT2D eigenvalue weighted by molar-refractivity contribution is -0.118. The summed E-state index contributed by atoms with van der Waals surface area (Å²) < 4.78 is 28.8. The summed E-state index contributed by atoms with van der Waals surface area (Å²) in [4.78, 5) is 62.2. The SMILES string of the molecule is Cn1cc(NC(=O)c2cc(NC(=O)c3ccc(NC(=O)/C=C/c4ccc(S(=O)(=O)CCCl)cc4)n3C)cn2C)cc1C(=O)NCCC(N)=O. The quantitative estimate of drug-likeness (QED) is 0.0975. The molecule has 6 N–H and O–H groups in total. The van der Waals surface area contributed by atoms with Gasteiger partial charge in [0, 0.05) is 58.5 Å². The fourth-order valence-corrected chi connectivity index (χ4v) is 6.31. The number of aromatic nitrogens is 3. The summed E-state index contributed by atoms with van der Waals surface area (Å²) in [6, 6.07) is 12.1. The van der Waals surface area contributed by atoms with Crippen LogP contribution in [0.15, 0.2) is 71.9 Å². The standard InChI is InChI=1S/C32H35ClN8O7S/c1-39-18-21(16-25(39)30(44)35-14-12-27(34)42)37-32(46)26-17-22(19-40(26)2)36-31(45)24-9-10-28(41(24)3)38-29(43)11-6-20-4-7-23(8-5-20)49(47,48)15-13-33/h4-11,16-19H,12-15H2,1-3H3,(H2,34,42)(H,35,44)(H,36,45)(H,37,46)(H,38,43)/b11-6+. The second-order valence-corrected chi connectivity index (χ2v) is 13.4. The van der Waals surface area contributed by atoms with E-state index in [0.29, 0.717) is 22.8 Å². The summed E-state index contributed by atoms with van der Waals surface area (Å²) in [5.41, 5.74) is 7.13. The van der Waals surface area contributed by atoms with E-state index in [0.717, 1.165) is 0 Å². The zero-order valence-corrected chi connectivity index (χ0v) is 28.4. The molecule has 0 saturated carbocycles. The maximum absolute atomic E-state index is 13.1. The van der Waals surface area contributed by atoms with Crippen LogP contribution in [0.1, 0.15) is 43.4 Å². The third kappa shape index (κ3) is 9.27. The minimum Gasteiger partial charge on any atom is -0.370 e. The first kappa shape index (κ1) is 36.2. The number of anilines is 3. The highest BCUT2D eigenvalue weighted by Crippen LogP contribution is 2.20. The van der Waals surface area contributed by atoms with Crippen LogP contribution in [-0.2, 0) is 40.6 Å². The molecule has 49 heavy (non-hydrogen) atoms. The number of carbonyl (C=O) groups excluding carboxylic acids is 5. The van der Waals surface area contributed by atoms with Gasteiger partial charge in [-0.2, -0.15) is 0 Å². The molecule has 4 aromatic rings. The van der Waals surface area contributed by atoms with Crippen LogP contribution < -0.4 is 27.0 Å². The Hall–Kier alpha value is -5.61. The average Bonchev–Trinajstić information content (AvgIpc) is 3.71. The molecule has 0 radical (unpaired) electrons. The molecular weight excluding hydrogens is 676 g/mol. The largest absolute Gasteiger partial charge is 0.370 e. The number of rotatable bonds is 14. The first-order valence-electron chi connectivity index (χ1n) is 14.7. The number of halogens is 1. The van der Waals surface area contributed by atoms with Crippen LogP contribution in [0.2, 0.25) is 0 Å². The van der Waals surface area contributed by atoms with Crippen LogP contribution in [0.25, 0.3) is 6.08 Å². The van der Waals surface area contributed by atoms with Gasteiger partial charge in [0.15, 0.2) is 9.84 Å². The minimum atomic E-state index is -3.46. The highest BCUT2D eigenvalue weighted by Gasteiger charge is 2.19. The fraction of sp³-hybridized carbons (Fsp3) is 0.219. The maximum atomic E-state index is 13.1. The zero-order chi connectivity index (χ0) is 35.9. The van der Waals surface area contributed by atoms with Gasteiger partial charge in [-0.25, -0.2) is 8.42 Å². The summed E-state index contributed by atoms with van der Waals surface area (Å²) in [5.74, 6) is -2.26. The van der Waals surface area contributed by atoms with Crippen molar-refractivity contribution in [1.29, 1.82) is 0 Å². The molecule has 0 atom stereocenters. The predicted octanol–water partition coefficient (Wildman–Crippen LogP) is 2.48. The molecule has 3 heterocycles.